The lowest BCUT2D eigenvalue weighted by molar-refractivity contribution is -0.117. The molecule has 0 aliphatic carbocycles. The molecule has 0 saturated carbocycles. The van der Waals surface area contributed by atoms with Crippen molar-refractivity contribution in [3.63, 3.8) is 0 Å². The molecule has 0 spiro atoms. The predicted octanol–water partition coefficient (Wildman–Crippen LogP) is 2.29. The fourth-order valence-corrected chi connectivity index (χ4v) is 2.02. The molecule has 1 amide bonds. The third kappa shape index (κ3) is 1.61. The monoisotopic (exact) mass is 199 g/mol. The van der Waals surface area contributed by atoms with Gasteiger partial charge in [-0.1, -0.05) is 25.8 Å². The van der Waals surface area contributed by atoms with Gasteiger partial charge in [-0.05, 0) is 17.7 Å². The van der Waals surface area contributed by atoms with Gasteiger partial charge in [0.1, 0.15) is 0 Å². The highest BCUT2D eigenvalue weighted by molar-refractivity contribution is 5.95. The second kappa shape index (κ2) is 3.13. The van der Waals surface area contributed by atoms with Crippen molar-refractivity contribution in [2.75, 3.05) is 5.32 Å². The van der Waals surface area contributed by atoms with Crippen molar-refractivity contribution in [3.05, 3.63) is 29.3 Å². The average molecular weight is 199 g/mol. The Morgan fingerprint density at radius 3 is 2.87 bits per heavy atom. The zero-order valence-electron chi connectivity index (χ0n) is 8.92. The molecule has 0 aromatic heterocycles. The first-order valence-electron chi connectivity index (χ1n) is 4.94. The van der Waals surface area contributed by atoms with Crippen LogP contribution in [-0.4, -0.2) is 5.91 Å². The van der Waals surface area contributed by atoms with Gasteiger partial charge in [-0.3, -0.25) is 4.79 Å². The molecule has 0 fully saturated rings. The van der Waals surface area contributed by atoms with Crippen molar-refractivity contribution in [2.45, 2.75) is 25.7 Å². The summed E-state index contributed by atoms with van der Waals surface area (Å²) < 4.78 is 0. The van der Waals surface area contributed by atoms with Crippen LogP contribution < -0.4 is 5.32 Å². The molecule has 1 N–H and O–H groups in total. The van der Waals surface area contributed by atoms with E-state index >= 15 is 0 Å². The maximum atomic E-state index is 11.5. The minimum atomic E-state index is -0.106. The van der Waals surface area contributed by atoms with Crippen molar-refractivity contribution in [1.82, 2.24) is 0 Å². The van der Waals surface area contributed by atoms with Crippen LogP contribution in [0.5, 0.6) is 0 Å². The van der Waals surface area contributed by atoms with Gasteiger partial charge in [-0.2, -0.15) is 0 Å². The smallest absolute Gasteiger partial charge is 0.225 e. The number of hydrogen-bond acceptors (Lipinski definition) is 1. The second-order valence-electron chi connectivity index (χ2n) is 4.51. The average Bonchev–Trinajstić information content (AvgIpc) is 2.15. The highest BCUT2D eigenvalue weighted by Gasteiger charge is 2.31. The summed E-state index contributed by atoms with van der Waals surface area (Å²) in [4.78, 5) is 11.5. The fraction of sp³-hybridized carbons (Fsp3) is 0.308. The Labute approximate surface area is 89.7 Å². The van der Waals surface area contributed by atoms with Crippen LogP contribution in [0.4, 0.5) is 5.69 Å². The summed E-state index contributed by atoms with van der Waals surface area (Å²) >= 11 is 0. The summed E-state index contributed by atoms with van der Waals surface area (Å²) in [6, 6.07) is 5.77. The Bertz CT molecular complexity index is 466. The molecule has 1 aliphatic rings. The Hall–Kier alpha value is -1.75. The lowest BCUT2D eigenvalue weighted by Crippen LogP contribution is -2.32. The standard InChI is InChI=1S/C13H13NO/c1-4-9-5-6-10-11(7-9)14-12(15)8-13(10,2)3/h1,5-7H,8H2,2-3H3,(H,14,15). The molecule has 2 rings (SSSR count). The molecular formula is C13H13NO. The van der Waals surface area contributed by atoms with Gasteiger partial charge in [-0.15, -0.1) is 6.42 Å². The molecule has 0 bridgehead atoms. The first-order chi connectivity index (χ1) is 7.03. The van der Waals surface area contributed by atoms with Crippen LogP contribution in [0.2, 0.25) is 0 Å². The van der Waals surface area contributed by atoms with Gasteiger partial charge in [0.2, 0.25) is 5.91 Å². The molecule has 0 radical (unpaired) electrons. The Balaban J connectivity index is 2.58. The van der Waals surface area contributed by atoms with E-state index < -0.39 is 0 Å². The van der Waals surface area contributed by atoms with Crippen LogP contribution in [0.15, 0.2) is 18.2 Å². The highest BCUT2D eigenvalue weighted by atomic mass is 16.1. The number of anilines is 1. The van der Waals surface area contributed by atoms with E-state index in [1.165, 1.54) is 0 Å². The summed E-state index contributed by atoms with van der Waals surface area (Å²) in [6.07, 6.45) is 5.85. The molecule has 1 aromatic carbocycles. The first-order valence-corrected chi connectivity index (χ1v) is 4.94. The SMILES string of the molecule is C#Cc1ccc2c(c1)NC(=O)CC2(C)C. The quantitative estimate of drug-likeness (QED) is 0.638. The highest BCUT2D eigenvalue weighted by Crippen LogP contribution is 2.37. The molecule has 0 atom stereocenters. The predicted molar refractivity (Wildman–Crippen MR) is 60.6 cm³/mol. The third-order valence-electron chi connectivity index (χ3n) is 2.79. The van der Waals surface area contributed by atoms with Gasteiger partial charge >= 0.3 is 0 Å². The first kappa shape index (κ1) is 9.79. The molecule has 2 nitrogen and oxygen atoms in total. The largest absolute Gasteiger partial charge is 0.326 e. The van der Waals surface area contributed by atoms with Crippen LogP contribution >= 0.6 is 0 Å². The Morgan fingerprint density at radius 2 is 2.20 bits per heavy atom. The van der Waals surface area contributed by atoms with E-state index in [1.807, 2.05) is 18.2 Å². The minimum absolute atomic E-state index is 0.0571. The summed E-state index contributed by atoms with van der Waals surface area (Å²) in [5, 5.41) is 2.86. The van der Waals surface area contributed by atoms with E-state index in [0.29, 0.717) is 6.42 Å². The number of benzene rings is 1. The molecule has 0 saturated heterocycles. The van der Waals surface area contributed by atoms with Gasteiger partial charge in [0.15, 0.2) is 0 Å². The number of terminal acetylenes is 1. The maximum Gasteiger partial charge on any atom is 0.225 e. The van der Waals surface area contributed by atoms with Crippen LogP contribution in [0.1, 0.15) is 31.4 Å². The molecule has 2 heteroatoms. The molecule has 1 aliphatic heterocycles. The normalized spacial score (nSPS) is 17.5. The third-order valence-corrected chi connectivity index (χ3v) is 2.79. The lowest BCUT2D eigenvalue weighted by atomic mass is 9.78. The summed E-state index contributed by atoms with van der Waals surface area (Å²) in [6.45, 7) is 4.14. The van der Waals surface area contributed by atoms with Gasteiger partial charge < -0.3 is 5.32 Å². The topological polar surface area (TPSA) is 29.1 Å². The summed E-state index contributed by atoms with van der Waals surface area (Å²) in [5.74, 6) is 2.63. The van der Waals surface area contributed by atoms with Gasteiger partial charge in [0.25, 0.3) is 0 Å². The van der Waals surface area contributed by atoms with E-state index in [9.17, 15) is 4.79 Å². The Morgan fingerprint density at radius 1 is 1.47 bits per heavy atom. The van der Waals surface area contributed by atoms with Gasteiger partial charge in [0.05, 0.1) is 0 Å². The van der Waals surface area contributed by atoms with E-state index in [-0.39, 0.29) is 11.3 Å². The van der Waals surface area contributed by atoms with E-state index in [0.717, 1.165) is 16.8 Å². The number of fused-ring (bicyclic) bond motifs is 1. The second-order valence-corrected chi connectivity index (χ2v) is 4.51. The lowest BCUT2D eigenvalue weighted by Gasteiger charge is -2.32. The molecule has 1 heterocycles. The van der Waals surface area contributed by atoms with Crippen molar-refractivity contribution >= 4 is 11.6 Å². The van der Waals surface area contributed by atoms with Crippen molar-refractivity contribution in [1.29, 1.82) is 0 Å². The molecule has 76 valence electrons. The summed E-state index contributed by atoms with van der Waals surface area (Å²) in [5.41, 5.74) is 2.70. The van der Waals surface area contributed by atoms with Crippen LogP contribution in [-0.2, 0) is 10.2 Å². The van der Waals surface area contributed by atoms with Crippen molar-refractivity contribution in [3.8, 4) is 12.3 Å². The zero-order valence-corrected chi connectivity index (χ0v) is 8.92. The van der Waals surface area contributed by atoms with E-state index in [4.69, 9.17) is 6.42 Å². The number of rotatable bonds is 0. The molecule has 1 aromatic rings. The number of amides is 1. The number of nitrogens with one attached hydrogen (secondary N) is 1. The molecule has 15 heavy (non-hydrogen) atoms. The fourth-order valence-electron chi connectivity index (χ4n) is 2.02. The Kier molecular flexibility index (Phi) is 2.04. The minimum Gasteiger partial charge on any atom is -0.326 e. The number of carbonyl (C=O) groups is 1. The molecular weight excluding hydrogens is 186 g/mol. The van der Waals surface area contributed by atoms with E-state index in [1.54, 1.807) is 0 Å². The van der Waals surface area contributed by atoms with Crippen LogP contribution in [0.25, 0.3) is 0 Å². The van der Waals surface area contributed by atoms with Crippen LogP contribution in [0, 0.1) is 12.3 Å². The van der Waals surface area contributed by atoms with Gasteiger partial charge in [0, 0.05) is 23.1 Å². The van der Waals surface area contributed by atoms with Gasteiger partial charge in [-0.25, -0.2) is 0 Å². The zero-order chi connectivity index (χ0) is 11.1. The van der Waals surface area contributed by atoms with Crippen molar-refractivity contribution in [2.24, 2.45) is 0 Å². The summed E-state index contributed by atoms with van der Waals surface area (Å²) in [7, 11) is 0. The number of carbonyl (C=O) groups excluding carboxylic acids is 1. The van der Waals surface area contributed by atoms with E-state index in [2.05, 4.69) is 25.1 Å². The van der Waals surface area contributed by atoms with Crippen molar-refractivity contribution < 1.29 is 4.79 Å². The maximum absolute atomic E-state index is 11.5. The molecule has 0 unspecified atom stereocenters. The number of hydrogen-bond donors (Lipinski definition) is 1. The van der Waals surface area contributed by atoms with Crippen LogP contribution in [0.3, 0.4) is 0 Å².